The minimum absolute atomic E-state index is 0.247. The van der Waals surface area contributed by atoms with Crippen LogP contribution in [0.3, 0.4) is 0 Å². The number of hydrogen-bond acceptors (Lipinski definition) is 3. The highest BCUT2D eigenvalue weighted by molar-refractivity contribution is 7.87. The third-order valence-corrected chi connectivity index (χ3v) is 6.23. The smallest absolute Gasteiger partial charge is 0.306 e. The van der Waals surface area contributed by atoms with Crippen LogP contribution in [0.1, 0.15) is 51.4 Å². The predicted molar refractivity (Wildman–Crippen MR) is 80.0 cm³/mol. The van der Waals surface area contributed by atoms with Crippen LogP contribution in [0.4, 0.5) is 0 Å². The molecule has 122 valence electrons. The summed E-state index contributed by atoms with van der Waals surface area (Å²) in [5, 5.41) is 8.96. The van der Waals surface area contributed by atoms with E-state index < -0.39 is 16.2 Å². The summed E-state index contributed by atoms with van der Waals surface area (Å²) in [5.41, 5.74) is 0. The predicted octanol–water partition coefficient (Wildman–Crippen LogP) is 1.59. The van der Waals surface area contributed by atoms with Crippen molar-refractivity contribution in [3.63, 3.8) is 0 Å². The van der Waals surface area contributed by atoms with Crippen molar-refractivity contribution in [2.75, 3.05) is 19.6 Å². The van der Waals surface area contributed by atoms with Gasteiger partial charge in [0.05, 0.1) is 5.92 Å². The van der Waals surface area contributed by atoms with Crippen LogP contribution < -0.4 is 4.72 Å². The zero-order chi connectivity index (χ0) is 15.3. The van der Waals surface area contributed by atoms with Gasteiger partial charge in [-0.25, -0.2) is 4.72 Å². The van der Waals surface area contributed by atoms with Crippen LogP contribution in [-0.2, 0) is 15.0 Å². The summed E-state index contributed by atoms with van der Waals surface area (Å²) in [7, 11) is -3.37. The van der Waals surface area contributed by atoms with Gasteiger partial charge in [0.15, 0.2) is 0 Å². The second kappa shape index (κ2) is 7.56. The number of nitrogens with zero attached hydrogens (tertiary/aromatic N) is 1. The summed E-state index contributed by atoms with van der Waals surface area (Å²) in [4.78, 5) is 10.9. The van der Waals surface area contributed by atoms with Crippen molar-refractivity contribution in [3.8, 4) is 0 Å². The van der Waals surface area contributed by atoms with E-state index >= 15 is 0 Å². The first-order valence-corrected chi connectivity index (χ1v) is 9.40. The Morgan fingerprint density at radius 3 is 2.14 bits per heavy atom. The second-order valence-electron chi connectivity index (χ2n) is 6.22. The molecule has 0 amide bonds. The maximum atomic E-state index is 12.3. The topological polar surface area (TPSA) is 86.7 Å². The summed E-state index contributed by atoms with van der Waals surface area (Å²) in [6.45, 7) is 1.66. The first-order chi connectivity index (χ1) is 9.99. The van der Waals surface area contributed by atoms with E-state index in [0.717, 1.165) is 38.5 Å². The van der Waals surface area contributed by atoms with Gasteiger partial charge in [-0.15, -0.1) is 0 Å². The number of hydrogen-bond donors (Lipinski definition) is 2. The van der Waals surface area contributed by atoms with E-state index in [1.807, 2.05) is 0 Å². The van der Waals surface area contributed by atoms with Gasteiger partial charge in [-0.1, -0.05) is 12.8 Å². The lowest BCUT2D eigenvalue weighted by Gasteiger charge is -2.27. The van der Waals surface area contributed by atoms with Gasteiger partial charge < -0.3 is 5.11 Å². The Kier molecular flexibility index (Phi) is 6.01. The van der Waals surface area contributed by atoms with Crippen molar-refractivity contribution in [1.29, 1.82) is 0 Å². The summed E-state index contributed by atoms with van der Waals surface area (Å²) in [5.74, 6) is -0.704. The van der Waals surface area contributed by atoms with E-state index in [9.17, 15) is 13.2 Å². The Bertz CT molecular complexity index is 436. The highest BCUT2D eigenvalue weighted by Crippen LogP contribution is 2.28. The molecule has 1 aliphatic heterocycles. The van der Waals surface area contributed by atoms with Crippen LogP contribution in [-0.4, -0.2) is 43.4 Å². The molecule has 2 N–H and O–H groups in total. The van der Waals surface area contributed by atoms with Gasteiger partial charge in [-0.3, -0.25) is 4.79 Å². The number of carboxylic acid groups (broad SMARTS) is 1. The molecule has 0 unspecified atom stereocenters. The van der Waals surface area contributed by atoms with Gasteiger partial charge in [0.1, 0.15) is 0 Å². The largest absolute Gasteiger partial charge is 0.481 e. The van der Waals surface area contributed by atoms with Gasteiger partial charge in [-0.2, -0.15) is 12.7 Å². The molecule has 1 aliphatic carbocycles. The SMILES string of the molecule is O=C(O)C1CCC(CNS(=O)(=O)N2CCCCCC2)CC1. The molecule has 0 aromatic carbocycles. The lowest BCUT2D eigenvalue weighted by molar-refractivity contribution is -0.143. The molecule has 7 heteroatoms. The quantitative estimate of drug-likeness (QED) is 0.806. The van der Waals surface area contributed by atoms with E-state index in [2.05, 4.69) is 4.72 Å². The van der Waals surface area contributed by atoms with E-state index in [0.29, 0.717) is 32.5 Å². The molecule has 0 radical (unpaired) electrons. The molecule has 6 nitrogen and oxygen atoms in total. The number of aliphatic carboxylic acids is 1. The molecule has 21 heavy (non-hydrogen) atoms. The maximum Gasteiger partial charge on any atom is 0.306 e. The third kappa shape index (κ3) is 4.93. The summed E-state index contributed by atoms with van der Waals surface area (Å²) >= 11 is 0. The number of carboxylic acids is 1. The van der Waals surface area contributed by atoms with Crippen molar-refractivity contribution in [3.05, 3.63) is 0 Å². The van der Waals surface area contributed by atoms with Gasteiger partial charge in [0, 0.05) is 19.6 Å². The maximum absolute atomic E-state index is 12.3. The zero-order valence-electron chi connectivity index (χ0n) is 12.5. The lowest BCUT2D eigenvalue weighted by Crippen LogP contribution is -2.43. The third-order valence-electron chi connectivity index (χ3n) is 4.66. The summed E-state index contributed by atoms with van der Waals surface area (Å²) in [6.07, 6.45) is 6.97. The molecule has 0 aromatic heterocycles. The van der Waals surface area contributed by atoms with Crippen LogP contribution in [0.25, 0.3) is 0 Å². The number of rotatable bonds is 5. The lowest BCUT2D eigenvalue weighted by atomic mass is 9.82. The molecule has 0 atom stereocenters. The van der Waals surface area contributed by atoms with E-state index in [-0.39, 0.29) is 11.8 Å². The summed E-state index contributed by atoms with van der Waals surface area (Å²) < 4.78 is 28.8. The van der Waals surface area contributed by atoms with Crippen molar-refractivity contribution < 1.29 is 18.3 Å². The Balaban J connectivity index is 1.78. The van der Waals surface area contributed by atoms with E-state index in [1.54, 1.807) is 4.31 Å². The monoisotopic (exact) mass is 318 g/mol. The molecule has 0 aromatic rings. The van der Waals surface area contributed by atoms with Gasteiger partial charge in [0.25, 0.3) is 10.2 Å². The Morgan fingerprint density at radius 1 is 1.05 bits per heavy atom. The molecule has 2 aliphatic rings. The second-order valence-corrected chi connectivity index (χ2v) is 7.98. The average Bonchev–Trinajstić information content (AvgIpc) is 2.75. The molecule has 2 fully saturated rings. The first-order valence-electron chi connectivity index (χ1n) is 7.96. The minimum Gasteiger partial charge on any atom is -0.481 e. The molecular formula is C14H26N2O4S. The molecule has 1 heterocycles. The van der Waals surface area contributed by atoms with Crippen LogP contribution in [0.15, 0.2) is 0 Å². The highest BCUT2D eigenvalue weighted by atomic mass is 32.2. The number of carbonyl (C=O) groups is 1. The van der Waals surface area contributed by atoms with Gasteiger partial charge in [0.2, 0.25) is 0 Å². The highest BCUT2D eigenvalue weighted by Gasteiger charge is 2.28. The normalized spacial score (nSPS) is 29.0. The van der Waals surface area contributed by atoms with Gasteiger partial charge >= 0.3 is 5.97 Å². The van der Waals surface area contributed by atoms with Crippen LogP contribution in [0.5, 0.6) is 0 Å². The zero-order valence-corrected chi connectivity index (χ0v) is 13.3. The Hall–Kier alpha value is -0.660. The minimum atomic E-state index is -3.37. The van der Waals surface area contributed by atoms with Crippen LogP contribution in [0.2, 0.25) is 0 Å². The molecular weight excluding hydrogens is 292 g/mol. The molecule has 1 saturated carbocycles. The Morgan fingerprint density at radius 2 is 1.62 bits per heavy atom. The van der Waals surface area contributed by atoms with Crippen molar-refractivity contribution in [2.45, 2.75) is 51.4 Å². The van der Waals surface area contributed by atoms with Crippen molar-refractivity contribution >= 4 is 16.2 Å². The molecule has 2 rings (SSSR count). The van der Waals surface area contributed by atoms with Crippen molar-refractivity contribution in [2.24, 2.45) is 11.8 Å². The Labute approximate surface area is 127 Å². The standard InChI is InChI=1S/C14H26N2O4S/c17-14(18)13-7-5-12(6-8-13)11-15-21(19,20)16-9-3-1-2-4-10-16/h12-13,15H,1-11H2,(H,17,18). The fourth-order valence-electron chi connectivity index (χ4n) is 3.21. The fraction of sp³-hybridized carbons (Fsp3) is 0.929. The van der Waals surface area contributed by atoms with Crippen LogP contribution in [0, 0.1) is 11.8 Å². The van der Waals surface area contributed by atoms with E-state index in [4.69, 9.17) is 5.11 Å². The number of nitrogens with one attached hydrogen (secondary N) is 1. The molecule has 0 bridgehead atoms. The van der Waals surface area contributed by atoms with E-state index in [1.165, 1.54) is 0 Å². The van der Waals surface area contributed by atoms with Gasteiger partial charge in [-0.05, 0) is 44.4 Å². The fourth-order valence-corrected chi connectivity index (χ4v) is 4.58. The average molecular weight is 318 g/mol. The molecule has 0 spiro atoms. The summed E-state index contributed by atoms with van der Waals surface area (Å²) in [6, 6.07) is 0. The van der Waals surface area contributed by atoms with Crippen LogP contribution >= 0.6 is 0 Å². The van der Waals surface area contributed by atoms with Crippen molar-refractivity contribution in [1.82, 2.24) is 9.03 Å². The molecule has 1 saturated heterocycles. The first kappa shape index (κ1) is 16.7.